The first-order valence-electron chi connectivity index (χ1n) is 7.72. The van der Waals surface area contributed by atoms with Crippen LogP contribution in [-0.4, -0.2) is 35.4 Å². The molecule has 0 saturated carbocycles. The second-order valence-corrected chi connectivity index (χ2v) is 5.31. The van der Waals surface area contributed by atoms with Crippen LogP contribution in [0.1, 0.15) is 17.5 Å². The van der Waals surface area contributed by atoms with E-state index in [9.17, 15) is 9.18 Å². The molecule has 2 aromatic rings. The van der Waals surface area contributed by atoms with E-state index >= 15 is 0 Å². The Morgan fingerprint density at radius 1 is 1.39 bits per heavy atom. The van der Waals surface area contributed by atoms with Crippen molar-refractivity contribution >= 4 is 5.91 Å². The van der Waals surface area contributed by atoms with Crippen molar-refractivity contribution in [3.05, 3.63) is 53.6 Å². The smallest absolute Gasteiger partial charge is 0.220 e. The summed E-state index contributed by atoms with van der Waals surface area (Å²) in [4.78, 5) is 11.7. The molecule has 0 aliphatic carbocycles. The largest absolute Gasteiger partial charge is 0.378 e. The van der Waals surface area contributed by atoms with E-state index in [1.807, 2.05) is 12.3 Å². The van der Waals surface area contributed by atoms with Crippen molar-refractivity contribution in [3.8, 4) is 0 Å². The third-order valence-corrected chi connectivity index (χ3v) is 3.46. The number of hydrogen-bond acceptors (Lipinski definition) is 3. The first-order valence-corrected chi connectivity index (χ1v) is 7.72. The van der Waals surface area contributed by atoms with Gasteiger partial charge in [0.05, 0.1) is 19.8 Å². The minimum Gasteiger partial charge on any atom is -0.378 e. The quantitative estimate of drug-likeness (QED) is 0.720. The number of amides is 1. The summed E-state index contributed by atoms with van der Waals surface area (Å²) in [6.45, 7) is 3.94. The van der Waals surface area contributed by atoms with Crippen LogP contribution >= 0.6 is 0 Å². The molecule has 1 aromatic heterocycles. The molecule has 0 fully saturated rings. The van der Waals surface area contributed by atoms with Gasteiger partial charge in [0.25, 0.3) is 0 Å². The Labute approximate surface area is 135 Å². The first-order chi connectivity index (χ1) is 11.1. The summed E-state index contributed by atoms with van der Waals surface area (Å²) in [5.74, 6) is -0.242. The third-order valence-electron chi connectivity index (χ3n) is 3.46. The number of ether oxygens (including phenoxy) is 1. The normalized spacial score (nSPS) is 10.7. The molecule has 124 valence electrons. The number of nitrogens with zero attached hydrogens (tertiary/aromatic N) is 2. The van der Waals surface area contributed by atoms with Gasteiger partial charge in [-0.25, -0.2) is 4.39 Å². The number of nitrogens with one attached hydrogen (secondary N) is 1. The maximum atomic E-state index is 13.2. The van der Waals surface area contributed by atoms with E-state index in [2.05, 4.69) is 10.4 Å². The molecule has 6 heteroatoms. The summed E-state index contributed by atoms with van der Waals surface area (Å²) in [6, 6.07) is 6.80. The van der Waals surface area contributed by atoms with Crippen LogP contribution in [0.5, 0.6) is 0 Å². The van der Waals surface area contributed by atoms with Crippen molar-refractivity contribution in [1.82, 2.24) is 15.1 Å². The molecule has 0 bridgehead atoms. The Bertz CT molecular complexity index is 614. The number of halogens is 1. The lowest BCUT2D eigenvalue weighted by atomic mass is 10.1. The summed E-state index contributed by atoms with van der Waals surface area (Å²) in [5.41, 5.74) is 1.57. The van der Waals surface area contributed by atoms with Gasteiger partial charge in [-0.1, -0.05) is 12.1 Å². The van der Waals surface area contributed by atoms with Gasteiger partial charge in [0.15, 0.2) is 0 Å². The van der Waals surface area contributed by atoms with Crippen LogP contribution in [0.15, 0.2) is 36.7 Å². The molecule has 0 atom stereocenters. The van der Waals surface area contributed by atoms with Crippen molar-refractivity contribution < 1.29 is 13.9 Å². The predicted molar refractivity (Wildman–Crippen MR) is 85.5 cm³/mol. The van der Waals surface area contributed by atoms with Gasteiger partial charge in [-0.05, 0) is 36.6 Å². The lowest BCUT2D eigenvalue weighted by Crippen LogP contribution is -2.27. The van der Waals surface area contributed by atoms with E-state index in [1.165, 1.54) is 6.07 Å². The maximum absolute atomic E-state index is 13.2. The van der Waals surface area contributed by atoms with E-state index in [4.69, 9.17) is 4.74 Å². The molecule has 23 heavy (non-hydrogen) atoms. The monoisotopic (exact) mass is 319 g/mol. The lowest BCUT2D eigenvalue weighted by Gasteiger charge is -2.07. The highest BCUT2D eigenvalue weighted by molar-refractivity contribution is 5.76. The van der Waals surface area contributed by atoms with Gasteiger partial charge in [0, 0.05) is 25.4 Å². The number of carbonyl (C=O) groups excluding carboxylic acids is 1. The fraction of sp³-hybridized carbons (Fsp3) is 0.412. The number of hydrogen-bond donors (Lipinski definition) is 1. The standard InChI is InChI=1S/C17H22FN3O2/c1-14-13-15(3-5-16(14)18)4-6-17(22)19-8-11-23-12-10-21-9-2-7-20-21/h2-3,5,7,9,13H,4,6,8,10-12H2,1H3,(H,19,22). The van der Waals surface area contributed by atoms with Crippen LogP contribution in [-0.2, 0) is 22.5 Å². The summed E-state index contributed by atoms with van der Waals surface area (Å²) in [7, 11) is 0. The number of aryl methyl sites for hydroxylation is 2. The molecular formula is C17H22FN3O2. The lowest BCUT2D eigenvalue weighted by molar-refractivity contribution is -0.121. The highest BCUT2D eigenvalue weighted by Crippen LogP contribution is 2.10. The van der Waals surface area contributed by atoms with Gasteiger partial charge in [0.2, 0.25) is 5.91 Å². The topological polar surface area (TPSA) is 56.1 Å². The van der Waals surface area contributed by atoms with Gasteiger partial charge in [0.1, 0.15) is 5.82 Å². The number of benzene rings is 1. The van der Waals surface area contributed by atoms with Crippen LogP contribution in [0, 0.1) is 12.7 Å². The molecule has 0 aliphatic rings. The van der Waals surface area contributed by atoms with Crippen molar-refractivity contribution in [1.29, 1.82) is 0 Å². The highest BCUT2D eigenvalue weighted by atomic mass is 19.1. The first kappa shape index (κ1) is 17.1. The van der Waals surface area contributed by atoms with Gasteiger partial charge in [-0.2, -0.15) is 5.10 Å². The zero-order valence-corrected chi connectivity index (χ0v) is 13.3. The van der Waals surface area contributed by atoms with E-state index in [-0.39, 0.29) is 11.7 Å². The zero-order valence-electron chi connectivity index (χ0n) is 13.3. The molecule has 1 amide bonds. The second-order valence-electron chi connectivity index (χ2n) is 5.31. The third kappa shape index (κ3) is 6.20. The molecule has 0 saturated heterocycles. The molecule has 1 aromatic carbocycles. The summed E-state index contributed by atoms with van der Waals surface area (Å²) >= 11 is 0. The molecule has 0 aliphatic heterocycles. The van der Waals surface area contributed by atoms with Crippen molar-refractivity contribution in [3.63, 3.8) is 0 Å². The average Bonchev–Trinajstić information content (AvgIpc) is 3.05. The van der Waals surface area contributed by atoms with Crippen LogP contribution in [0.2, 0.25) is 0 Å². The second kappa shape index (κ2) is 9.05. The van der Waals surface area contributed by atoms with E-state index in [0.717, 1.165) is 5.56 Å². The van der Waals surface area contributed by atoms with Crippen molar-refractivity contribution in [2.24, 2.45) is 0 Å². The molecule has 0 unspecified atom stereocenters. The Kier molecular flexibility index (Phi) is 6.75. The van der Waals surface area contributed by atoms with Crippen LogP contribution < -0.4 is 5.32 Å². The fourth-order valence-electron chi connectivity index (χ4n) is 2.16. The Balaban J connectivity index is 1.53. The number of aromatic nitrogens is 2. The molecule has 1 N–H and O–H groups in total. The van der Waals surface area contributed by atoms with Crippen LogP contribution in [0.4, 0.5) is 4.39 Å². The molecule has 0 spiro atoms. The van der Waals surface area contributed by atoms with Gasteiger partial charge in [-0.15, -0.1) is 0 Å². The Morgan fingerprint density at radius 2 is 2.26 bits per heavy atom. The van der Waals surface area contributed by atoms with E-state index in [0.29, 0.717) is 44.7 Å². The van der Waals surface area contributed by atoms with Crippen molar-refractivity contribution in [2.75, 3.05) is 19.8 Å². The minimum absolute atomic E-state index is 0.0253. The summed E-state index contributed by atoms with van der Waals surface area (Å²) < 4.78 is 20.4. The number of carbonyl (C=O) groups is 1. The SMILES string of the molecule is Cc1cc(CCC(=O)NCCOCCn2cccn2)ccc1F. The number of rotatable bonds is 9. The van der Waals surface area contributed by atoms with Crippen LogP contribution in [0.3, 0.4) is 0 Å². The molecule has 2 rings (SSSR count). The van der Waals surface area contributed by atoms with Gasteiger partial charge in [-0.3, -0.25) is 9.48 Å². The van der Waals surface area contributed by atoms with Crippen LogP contribution in [0.25, 0.3) is 0 Å². The molecular weight excluding hydrogens is 297 g/mol. The van der Waals surface area contributed by atoms with Gasteiger partial charge < -0.3 is 10.1 Å². The van der Waals surface area contributed by atoms with E-state index < -0.39 is 0 Å². The molecule has 5 nitrogen and oxygen atoms in total. The van der Waals surface area contributed by atoms with Gasteiger partial charge >= 0.3 is 0 Å². The fourth-order valence-corrected chi connectivity index (χ4v) is 2.16. The van der Waals surface area contributed by atoms with Crippen molar-refractivity contribution in [2.45, 2.75) is 26.3 Å². The summed E-state index contributed by atoms with van der Waals surface area (Å²) in [5, 5.41) is 6.88. The highest BCUT2D eigenvalue weighted by Gasteiger charge is 2.04. The average molecular weight is 319 g/mol. The Hall–Kier alpha value is -2.21. The zero-order chi connectivity index (χ0) is 16.5. The Morgan fingerprint density at radius 3 is 3.00 bits per heavy atom. The molecule has 0 radical (unpaired) electrons. The summed E-state index contributed by atoms with van der Waals surface area (Å²) in [6.07, 6.45) is 4.59. The maximum Gasteiger partial charge on any atom is 0.220 e. The van der Waals surface area contributed by atoms with E-state index in [1.54, 1.807) is 29.9 Å². The molecule has 1 heterocycles. The minimum atomic E-state index is -0.217. The predicted octanol–water partition coefficient (Wildman–Crippen LogP) is 2.10.